The summed E-state index contributed by atoms with van der Waals surface area (Å²) in [6.45, 7) is 0.954. The Morgan fingerprint density at radius 3 is 3.07 bits per heavy atom. The monoisotopic (exact) mass is 185 g/mol. The van der Waals surface area contributed by atoms with E-state index in [1.807, 2.05) is 0 Å². The van der Waals surface area contributed by atoms with E-state index in [1.165, 1.54) is 25.0 Å². The molecule has 0 amide bonds. The molecule has 3 rings (SSSR count). The number of aliphatic imine (C=N–C) groups is 1. The Morgan fingerprint density at radius 1 is 1.14 bits per heavy atom. The number of hydrogen-bond acceptors (Lipinski definition) is 1. The molecule has 72 valence electrons. The second kappa shape index (κ2) is 3.23. The Labute approximate surface area is 84.9 Å². The van der Waals surface area contributed by atoms with E-state index < -0.39 is 0 Å². The van der Waals surface area contributed by atoms with Crippen LogP contribution in [0.25, 0.3) is 0 Å². The predicted octanol–water partition coefficient (Wildman–Crippen LogP) is 3.05. The number of allylic oxidation sites excluding steroid dienone is 5. The van der Waals surface area contributed by atoms with Gasteiger partial charge in [0.05, 0.1) is 6.54 Å². The molecule has 0 radical (unpaired) electrons. The first-order valence-electron chi connectivity index (χ1n) is 5.52. The molecule has 1 unspecified atom stereocenters. The molecular weight excluding hydrogens is 170 g/mol. The molecule has 0 saturated carbocycles. The molecule has 1 heterocycles. The lowest BCUT2D eigenvalue weighted by molar-refractivity contribution is 0.660. The van der Waals surface area contributed by atoms with E-state index in [4.69, 9.17) is 0 Å². The van der Waals surface area contributed by atoms with Crippen molar-refractivity contribution < 1.29 is 0 Å². The molecule has 0 saturated heterocycles. The molecule has 0 aromatic carbocycles. The molecule has 2 aliphatic carbocycles. The molecular formula is C13H15N. The average molecular weight is 185 g/mol. The fraction of sp³-hybridized carbons (Fsp3) is 0.462. The van der Waals surface area contributed by atoms with Gasteiger partial charge in [-0.1, -0.05) is 23.8 Å². The highest BCUT2D eigenvalue weighted by Gasteiger charge is 2.26. The largest absolute Gasteiger partial charge is 0.285 e. The molecule has 0 aromatic heterocycles. The summed E-state index contributed by atoms with van der Waals surface area (Å²) in [5.74, 6) is 0.661. The molecule has 0 spiro atoms. The van der Waals surface area contributed by atoms with Crippen LogP contribution < -0.4 is 0 Å². The van der Waals surface area contributed by atoms with Gasteiger partial charge >= 0.3 is 0 Å². The lowest BCUT2D eigenvalue weighted by Crippen LogP contribution is -2.24. The third-order valence-corrected chi connectivity index (χ3v) is 3.46. The highest BCUT2D eigenvalue weighted by atomic mass is 14.8. The summed E-state index contributed by atoms with van der Waals surface area (Å²) >= 11 is 0. The van der Waals surface area contributed by atoms with Crippen molar-refractivity contribution in [1.29, 1.82) is 0 Å². The summed E-state index contributed by atoms with van der Waals surface area (Å²) in [7, 11) is 0. The van der Waals surface area contributed by atoms with E-state index in [0.29, 0.717) is 5.92 Å². The van der Waals surface area contributed by atoms with Crippen molar-refractivity contribution in [3.05, 3.63) is 35.5 Å². The van der Waals surface area contributed by atoms with Crippen molar-refractivity contribution in [2.75, 3.05) is 6.54 Å². The van der Waals surface area contributed by atoms with Gasteiger partial charge in [-0.05, 0) is 37.3 Å². The lowest BCUT2D eigenvalue weighted by atomic mass is 9.78. The summed E-state index contributed by atoms with van der Waals surface area (Å²) in [5, 5.41) is 0. The van der Waals surface area contributed by atoms with Crippen LogP contribution in [-0.2, 0) is 0 Å². The zero-order valence-corrected chi connectivity index (χ0v) is 8.37. The molecule has 0 N–H and O–H groups in total. The van der Waals surface area contributed by atoms with E-state index in [2.05, 4.69) is 29.3 Å². The van der Waals surface area contributed by atoms with Crippen molar-refractivity contribution in [2.45, 2.75) is 25.7 Å². The predicted molar refractivity (Wildman–Crippen MR) is 59.6 cm³/mol. The summed E-state index contributed by atoms with van der Waals surface area (Å²) in [4.78, 5) is 4.67. The second-order valence-corrected chi connectivity index (χ2v) is 4.28. The molecule has 0 fully saturated rings. The molecule has 1 atom stereocenters. The molecule has 1 aliphatic heterocycles. The van der Waals surface area contributed by atoms with E-state index in [0.717, 1.165) is 13.0 Å². The zero-order chi connectivity index (χ0) is 9.38. The summed E-state index contributed by atoms with van der Waals surface area (Å²) in [6.07, 6.45) is 13.9. The van der Waals surface area contributed by atoms with Gasteiger partial charge in [-0.2, -0.15) is 0 Å². The van der Waals surface area contributed by atoms with Gasteiger partial charge in [0.15, 0.2) is 0 Å². The van der Waals surface area contributed by atoms with Gasteiger partial charge in [0.1, 0.15) is 0 Å². The van der Waals surface area contributed by atoms with Crippen LogP contribution in [0.1, 0.15) is 25.7 Å². The number of rotatable bonds is 0. The van der Waals surface area contributed by atoms with Crippen molar-refractivity contribution in [2.24, 2.45) is 10.9 Å². The fourth-order valence-corrected chi connectivity index (χ4v) is 2.70. The topological polar surface area (TPSA) is 12.4 Å². The summed E-state index contributed by atoms with van der Waals surface area (Å²) in [6, 6.07) is 0. The van der Waals surface area contributed by atoms with Crippen molar-refractivity contribution in [3.63, 3.8) is 0 Å². The van der Waals surface area contributed by atoms with Crippen LogP contribution in [0.4, 0.5) is 0 Å². The van der Waals surface area contributed by atoms with E-state index >= 15 is 0 Å². The Balaban J connectivity index is 1.96. The Kier molecular flexibility index (Phi) is 1.90. The van der Waals surface area contributed by atoms with Crippen LogP contribution in [0.5, 0.6) is 0 Å². The number of dihydropyridines is 1. The van der Waals surface area contributed by atoms with Gasteiger partial charge in [0.2, 0.25) is 0 Å². The Hall–Kier alpha value is -1.11. The highest BCUT2D eigenvalue weighted by molar-refractivity contribution is 6.00. The van der Waals surface area contributed by atoms with Crippen LogP contribution in [0.2, 0.25) is 0 Å². The maximum Gasteiger partial charge on any atom is 0.0609 e. The van der Waals surface area contributed by atoms with Crippen molar-refractivity contribution >= 4 is 5.71 Å². The zero-order valence-electron chi connectivity index (χ0n) is 8.37. The van der Waals surface area contributed by atoms with E-state index in [1.54, 1.807) is 11.1 Å². The van der Waals surface area contributed by atoms with E-state index in [-0.39, 0.29) is 0 Å². The summed E-state index contributed by atoms with van der Waals surface area (Å²) in [5.41, 5.74) is 4.61. The summed E-state index contributed by atoms with van der Waals surface area (Å²) < 4.78 is 0. The van der Waals surface area contributed by atoms with E-state index in [9.17, 15) is 0 Å². The fourth-order valence-electron chi connectivity index (χ4n) is 2.70. The lowest BCUT2D eigenvalue weighted by Gasteiger charge is -2.30. The molecule has 0 aromatic rings. The minimum atomic E-state index is 0.661. The minimum absolute atomic E-state index is 0.661. The van der Waals surface area contributed by atoms with Gasteiger partial charge < -0.3 is 0 Å². The maximum absolute atomic E-state index is 4.67. The smallest absolute Gasteiger partial charge is 0.0609 e. The van der Waals surface area contributed by atoms with Crippen LogP contribution >= 0.6 is 0 Å². The van der Waals surface area contributed by atoms with Gasteiger partial charge in [0, 0.05) is 11.6 Å². The average Bonchev–Trinajstić information content (AvgIpc) is 2.29. The van der Waals surface area contributed by atoms with Gasteiger partial charge in [-0.15, -0.1) is 0 Å². The third kappa shape index (κ3) is 1.19. The van der Waals surface area contributed by atoms with Crippen LogP contribution in [0.15, 0.2) is 40.4 Å². The molecule has 1 heteroatoms. The second-order valence-electron chi connectivity index (χ2n) is 4.28. The first-order chi connectivity index (χ1) is 6.95. The van der Waals surface area contributed by atoms with Gasteiger partial charge in [-0.25, -0.2) is 0 Å². The number of hydrogen-bond donors (Lipinski definition) is 0. The molecule has 14 heavy (non-hydrogen) atoms. The molecule has 3 aliphatic rings. The third-order valence-electron chi connectivity index (χ3n) is 3.46. The van der Waals surface area contributed by atoms with Crippen molar-refractivity contribution in [1.82, 2.24) is 0 Å². The minimum Gasteiger partial charge on any atom is -0.285 e. The van der Waals surface area contributed by atoms with Crippen LogP contribution in [0.3, 0.4) is 0 Å². The molecule has 0 bridgehead atoms. The van der Waals surface area contributed by atoms with Crippen LogP contribution in [0, 0.1) is 5.92 Å². The first kappa shape index (κ1) is 8.22. The van der Waals surface area contributed by atoms with Gasteiger partial charge in [-0.3, -0.25) is 4.99 Å². The highest BCUT2D eigenvalue weighted by Crippen LogP contribution is 2.35. The van der Waals surface area contributed by atoms with Crippen molar-refractivity contribution in [3.8, 4) is 0 Å². The normalized spacial score (nSPS) is 29.7. The first-order valence-corrected chi connectivity index (χ1v) is 5.52. The Morgan fingerprint density at radius 2 is 2.07 bits per heavy atom. The Bertz CT molecular complexity index is 369. The maximum atomic E-state index is 4.67. The standard InChI is InChI=1S/C13H15N/c1-2-6-11-10(5-1)9-14-13-8-4-3-7-12(11)13/h1-2,4,8,12H,3,5-7,9H2. The SMILES string of the molecule is C1=CC2=NCC3=C(CC=CC3)C2CC1. The van der Waals surface area contributed by atoms with Crippen LogP contribution in [-0.4, -0.2) is 12.3 Å². The van der Waals surface area contributed by atoms with Gasteiger partial charge in [0.25, 0.3) is 0 Å². The quantitative estimate of drug-likeness (QED) is 0.514. The number of nitrogens with zero attached hydrogens (tertiary/aromatic N) is 1. The number of fused-ring (bicyclic) bond motifs is 2. The molecule has 1 nitrogen and oxygen atoms in total.